The van der Waals surface area contributed by atoms with Gasteiger partial charge in [-0.1, -0.05) is 52.7 Å². The van der Waals surface area contributed by atoms with Crippen molar-refractivity contribution >= 4 is 67.3 Å². The fourth-order valence-electron chi connectivity index (χ4n) is 4.34. The summed E-state index contributed by atoms with van der Waals surface area (Å²) in [4.78, 5) is 32.9. The van der Waals surface area contributed by atoms with Crippen molar-refractivity contribution in [3.8, 4) is 11.5 Å². The van der Waals surface area contributed by atoms with E-state index in [1.165, 1.54) is 35.5 Å². The lowest BCUT2D eigenvalue weighted by Crippen LogP contribution is -2.29. The molecule has 3 aromatic carbocycles. The summed E-state index contributed by atoms with van der Waals surface area (Å²) in [6, 6.07) is 14.6. The molecule has 5 rings (SSSR count). The number of nitrogens with zero attached hydrogens (tertiary/aromatic N) is 2. The second kappa shape index (κ2) is 9.70. The standard InChI is InChI=1S/C27H20Cl2N2O5S/c1-13-4-9-19-20(10-13)37-27(30-19)31-22(14-5-7-16(35-2)8-6-14)21(24(33)26(31)34)23(32)17-11-15(28)12-18(29)25(17)36-3/h4-12,22,32H,1-3H3/b23-21+. The summed E-state index contributed by atoms with van der Waals surface area (Å²) in [6.07, 6.45) is 0. The Morgan fingerprint density at radius 1 is 1.03 bits per heavy atom. The van der Waals surface area contributed by atoms with Crippen LogP contribution in [0.25, 0.3) is 16.0 Å². The number of aliphatic hydroxyl groups excluding tert-OH is 1. The summed E-state index contributed by atoms with van der Waals surface area (Å²) in [6.45, 7) is 1.96. The molecule has 2 heterocycles. The Kier molecular flexibility index (Phi) is 6.58. The van der Waals surface area contributed by atoms with Crippen LogP contribution in [0.2, 0.25) is 10.0 Å². The molecular weight excluding hydrogens is 535 g/mol. The van der Waals surface area contributed by atoms with Crippen molar-refractivity contribution in [1.29, 1.82) is 0 Å². The third kappa shape index (κ3) is 4.31. The van der Waals surface area contributed by atoms with E-state index in [9.17, 15) is 14.7 Å². The number of hydrogen-bond acceptors (Lipinski definition) is 7. The SMILES string of the molecule is COc1ccc(C2/C(=C(\O)c3cc(Cl)cc(Cl)c3OC)C(=O)C(=O)N2c2nc3ccc(C)cc3s2)cc1. The lowest BCUT2D eigenvalue weighted by Gasteiger charge is -2.23. The molecule has 0 saturated carbocycles. The first-order chi connectivity index (χ1) is 17.7. The molecule has 10 heteroatoms. The van der Waals surface area contributed by atoms with Gasteiger partial charge in [0.2, 0.25) is 0 Å². The second-order valence-corrected chi connectivity index (χ2v) is 10.2. The quantitative estimate of drug-likeness (QED) is 0.171. The van der Waals surface area contributed by atoms with Crippen molar-refractivity contribution in [2.24, 2.45) is 0 Å². The molecule has 1 aliphatic heterocycles. The minimum atomic E-state index is -0.977. The van der Waals surface area contributed by atoms with E-state index in [1.54, 1.807) is 31.4 Å². The van der Waals surface area contributed by atoms with Crippen LogP contribution in [-0.2, 0) is 9.59 Å². The second-order valence-electron chi connectivity index (χ2n) is 8.38. The summed E-state index contributed by atoms with van der Waals surface area (Å²) in [5.74, 6) is -1.42. The molecule has 1 unspecified atom stereocenters. The molecule has 37 heavy (non-hydrogen) atoms. The van der Waals surface area contributed by atoms with Crippen molar-refractivity contribution < 1.29 is 24.2 Å². The smallest absolute Gasteiger partial charge is 0.301 e. The number of carbonyl (C=O) groups is 2. The van der Waals surface area contributed by atoms with Gasteiger partial charge in [-0.2, -0.15) is 0 Å². The molecule has 7 nitrogen and oxygen atoms in total. The van der Waals surface area contributed by atoms with Crippen LogP contribution in [0.4, 0.5) is 5.13 Å². The van der Waals surface area contributed by atoms with Crippen LogP contribution in [0.15, 0.2) is 60.2 Å². The van der Waals surface area contributed by atoms with Crippen LogP contribution >= 0.6 is 34.5 Å². The lowest BCUT2D eigenvalue weighted by atomic mass is 9.95. The highest BCUT2D eigenvalue weighted by atomic mass is 35.5. The largest absolute Gasteiger partial charge is 0.507 e. The number of fused-ring (bicyclic) bond motifs is 1. The average Bonchev–Trinajstić information content (AvgIpc) is 3.40. The van der Waals surface area contributed by atoms with Gasteiger partial charge in [0.15, 0.2) is 5.13 Å². The summed E-state index contributed by atoms with van der Waals surface area (Å²) in [7, 11) is 2.92. The van der Waals surface area contributed by atoms with Crippen LogP contribution in [-0.4, -0.2) is 36.0 Å². The molecule has 1 fully saturated rings. The number of benzene rings is 3. The zero-order valence-corrected chi connectivity index (χ0v) is 22.2. The fourth-order valence-corrected chi connectivity index (χ4v) is 6.00. The van der Waals surface area contributed by atoms with Gasteiger partial charge < -0.3 is 14.6 Å². The third-order valence-electron chi connectivity index (χ3n) is 6.08. The van der Waals surface area contributed by atoms with Crippen molar-refractivity contribution in [3.05, 3.63) is 86.9 Å². The van der Waals surface area contributed by atoms with Crippen molar-refractivity contribution in [2.75, 3.05) is 19.1 Å². The Morgan fingerprint density at radius 3 is 2.43 bits per heavy atom. The number of carbonyl (C=O) groups excluding carboxylic acids is 2. The molecule has 1 N–H and O–H groups in total. The van der Waals surface area contributed by atoms with Crippen LogP contribution in [0.1, 0.15) is 22.7 Å². The van der Waals surface area contributed by atoms with E-state index in [0.717, 1.165) is 10.3 Å². The highest BCUT2D eigenvalue weighted by molar-refractivity contribution is 7.22. The van der Waals surface area contributed by atoms with E-state index in [4.69, 9.17) is 32.7 Å². The molecule has 0 spiro atoms. The van der Waals surface area contributed by atoms with Crippen molar-refractivity contribution in [3.63, 3.8) is 0 Å². The zero-order valence-electron chi connectivity index (χ0n) is 19.9. The molecule has 1 atom stereocenters. The normalized spacial score (nSPS) is 17.0. The number of Topliss-reactive ketones (excluding diaryl/α,β-unsaturated/α-hetero) is 1. The number of methoxy groups -OCH3 is 2. The molecule has 1 aliphatic rings. The monoisotopic (exact) mass is 554 g/mol. The van der Waals surface area contributed by atoms with Gasteiger partial charge >= 0.3 is 5.91 Å². The van der Waals surface area contributed by atoms with Gasteiger partial charge in [0.05, 0.1) is 46.6 Å². The molecule has 1 aromatic heterocycles. The number of halogens is 2. The molecule has 0 bridgehead atoms. The number of aromatic nitrogens is 1. The van der Waals surface area contributed by atoms with Crippen LogP contribution in [0.5, 0.6) is 11.5 Å². The molecule has 0 radical (unpaired) electrons. The summed E-state index contributed by atoms with van der Waals surface area (Å²) in [5.41, 5.74) is 2.27. The van der Waals surface area contributed by atoms with E-state index in [1.807, 2.05) is 25.1 Å². The first-order valence-corrected chi connectivity index (χ1v) is 12.7. The molecule has 188 valence electrons. The van der Waals surface area contributed by atoms with Crippen molar-refractivity contribution in [2.45, 2.75) is 13.0 Å². The highest BCUT2D eigenvalue weighted by Gasteiger charge is 2.48. The summed E-state index contributed by atoms with van der Waals surface area (Å²) < 4.78 is 11.5. The van der Waals surface area contributed by atoms with Gasteiger partial charge in [-0.3, -0.25) is 14.5 Å². The lowest BCUT2D eigenvalue weighted by molar-refractivity contribution is -0.132. The van der Waals surface area contributed by atoms with Gasteiger partial charge in [-0.15, -0.1) is 0 Å². The molecule has 1 amide bonds. The van der Waals surface area contributed by atoms with Crippen LogP contribution in [0, 0.1) is 6.92 Å². The van der Waals surface area contributed by atoms with Gasteiger partial charge in [-0.05, 0) is 54.4 Å². The first-order valence-electron chi connectivity index (χ1n) is 11.1. The predicted molar refractivity (Wildman–Crippen MR) is 145 cm³/mol. The maximum atomic E-state index is 13.5. The maximum absolute atomic E-state index is 13.5. The Hall–Kier alpha value is -3.59. The van der Waals surface area contributed by atoms with Gasteiger partial charge in [0.25, 0.3) is 5.78 Å². The van der Waals surface area contributed by atoms with Crippen LogP contribution < -0.4 is 14.4 Å². The number of thiazole rings is 1. The van der Waals surface area contributed by atoms with Gasteiger partial charge in [0, 0.05) is 5.02 Å². The number of amides is 1. The molecule has 0 aliphatic carbocycles. The Bertz CT molecular complexity index is 1600. The summed E-state index contributed by atoms with van der Waals surface area (Å²) >= 11 is 13.8. The summed E-state index contributed by atoms with van der Waals surface area (Å²) in [5, 5.41) is 12.2. The molecular formula is C27H20Cl2N2O5S. The number of aliphatic hydroxyl groups is 1. The van der Waals surface area contributed by atoms with Gasteiger partial charge in [0.1, 0.15) is 17.3 Å². The number of aryl methyl sites for hydroxylation is 1. The number of anilines is 1. The number of ether oxygens (including phenoxy) is 2. The Balaban J connectivity index is 1.77. The molecule has 1 saturated heterocycles. The van der Waals surface area contributed by atoms with E-state index in [2.05, 4.69) is 4.98 Å². The first kappa shape index (κ1) is 25.1. The minimum Gasteiger partial charge on any atom is -0.507 e. The van der Waals surface area contributed by atoms with Crippen molar-refractivity contribution in [1.82, 2.24) is 4.98 Å². The number of ketones is 1. The maximum Gasteiger partial charge on any atom is 0.301 e. The Morgan fingerprint density at radius 2 is 1.76 bits per heavy atom. The number of hydrogen-bond donors (Lipinski definition) is 1. The third-order valence-corrected chi connectivity index (χ3v) is 7.60. The van der Waals surface area contributed by atoms with E-state index in [-0.39, 0.29) is 26.9 Å². The fraction of sp³-hybridized carbons (Fsp3) is 0.148. The van der Waals surface area contributed by atoms with Crippen LogP contribution in [0.3, 0.4) is 0 Å². The minimum absolute atomic E-state index is 0.0939. The number of rotatable bonds is 5. The molecule has 4 aromatic rings. The Labute approximate surface area is 226 Å². The highest BCUT2D eigenvalue weighted by Crippen LogP contribution is 2.46. The topological polar surface area (TPSA) is 89.0 Å². The van der Waals surface area contributed by atoms with Gasteiger partial charge in [-0.25, -0.2) is 4.98 Å². The van der Waals surface area contributed by atoms with E-state index in [0.29, 0.717) is 22.0 Å². The van der Waals surface area contributed by atoms with E-state index < -0.39 is 23.5 Å². The average molecular weight is 555 g/mol. The predicted octanol–water partition coefficient (Wildman–Crippen LogP) is 6.56. The van der Waals surface area contributed by atoms with E-state index >= 15 is 0 Å². The zero-order chi connectivity index (χ0) is 26.4.